The Labute approximate surface area is 141 Å². The number of anilines is 1. The number of carbonyl (C=O) groups excluding carboxylic acids is 2. The number of rotatable bonds is 3. The molecular weight excluding hydrogens is 332 g/mol. The second-order valence-electron chi connectivity index (χ2n) is 4.76. The predicted molar refractivity (Wildman–Crippen MR) is 88.1 cm³/mol. The van der Waals surface area contributed by atoms with Crippen LogP contribution in [0.4, 0.5) is 5.69 Å². The molecule has 0 aliphatic heterocycles. The van der Waals surface area contributed by atoms with Gasteiger partial charge >= 0.3 is 5.97 Å². The van der Waals surface area contributed by atoms with Crippen molar-refractivity contribution in [1.29, 1.82) is 0 Å². The zero-order valence-electron chi connectivity index (χ0n) is 12.5. The van der Waals surface area contributed by atoms with Gasteiger partial charge in [-0.1, -0.05) is 11.6 Å². The molecule has 0 radical (unpaired) electrons. The number of nitrogens with one attached hydrogen (secondary N) is 1. The third-order valence-electron chi connectivity index (χ3n) is 3.22. The summed E-state index contributed by atoms with van der Waals surface area (Å²) in [6, 6.07) is 6.04. The Morgan fingerprint density at radius 3 is 2.67 bits per heavy atom. The second kappa shape index (κ2) is 6.59. The van der Waals surface area contributed by atoms with E-state index in [0.29, 0.717) is 27.4 Å². The number of pyridine rings is 1. The van der Waals surface area contributed by atoms with Gasteiger partial charge in [0, 0.05) is 18.6 Å². The molecule has 0 atom stereocenters. The first-order chi connectivity index (χ1) is 11.6. The third-order valence-corrected chi connectivity index (χ3v) is 3.55. The fourth-order valence-corrected chi connectivity index (χ4v) is 2.21. The van der Waals surface area contributed by atoms with Gasteiger partial charge in [0.05, 0.1) is 28.9 Å². The minimum Gasteiger partial charge on any atom is -0.465 e. The van der Waals surface area contributed by atoms with Crippen LogP contribution in [-0.2, 0) is 4.74 Å². The predicted octanol–water partition coefficient (Wildman–Crippen LogP) is 2.72. The van der Waals surface area contributed by atoms with E-state index in [1.54, 1.807) is 6.07 Å². The van der Waals surface area contributed by atoms with Crippen molar-refractivity contribution in [3.63, 3.8) is 0 Å². The molecule has 0 aliphatic rings. The Hall–Kier alpha value is -3.06. The highest BCUT2D eigenvalue weighted by Crippen LogP contribution is 2.24. The molecular formula is C16H11ClN4O3. The number of aromatic nitrogens is 3. The van der Waals surface area contributed by atoms with Crippen molar-refractivity contribution in [2.24, 2.45) is 0 Å². The Morgan fingerprint density at radius 2 is 1.88 bits per heavy atom. The molecule has 3 rings (SSSR count). The molecule has 1 aromatic carbocycles. The van der Waals surface area contributed by atoms with E-state index in [9.17, 15) is 9.59 Å². The lowest BCUT2D eigenvalue weighted by Gasteiger charge is -2.09. The number of hydrogen-bond donors (Lipinski definition) is 1. The fraction of sp³-hybridized carbons (Fsp3) is 0.0625. The first-order valence-electron chi connectivity index (χ1n) is 6.84. The normalized spacial score (nSPS) is 10.4. The quantitative estimate of drug-likeness (QED) is 0.735. The van der Waals surface area contributed by atoms with Gasteiger partial charge in [-0.25, -0.2) is 14.8 Å². The lowest BCUT2D eigenvalue weighted by atomic mass is 10.2. The molecule has 1 N–H and O–H groups in total. The number of ether oxygens (including phenoxy) is 1. The summed E-state index contributed by atoms with van der Waals surface area (Å²) < 4.78 is 4.65. The lowest BCUT2D eigenvalue weighted by Crippen LogP contribution is -2.13. The summed E-state index contributed by atoms with van der Waals surface area (Å²) in [7, 11) is 1.27. The maximum atomic E-state index is 12.4. The zero-order chi connectivity index (χ0) is 17.1. The number of esters is 1. The Bertz CT molecular complexity index is 946. The summed E-state index contributed by atoms with van der Waals surface area (Å²) in [4.78, 5) is 36.2. The molecule has 24 heavy (non-hydrogen) atoms. The molecule has 0 bridgehead atoms. The highest BCUT2D eigenvalue weighted by Gasteiger charge is 2.13. The number of hydrogen-bond acceptors (Lipinski definition) is 6. The van der Waals surface area contributed by atoms with E-state index < -0.39 is 11.9 Å². The van der Waals surface area contributed by atoms with Gasteiger partial charge in [0.15, 0.2) is 5.65 Å². The van der Waals surface area contributed by atoms with Crippen LogP contribution in [0, 0.1) is 0 Å². The first-order valence-corrected chi connectivity index (χ1v) is 7.22. The number of amides is 1. The average molecular weight is 343 g/mol. The number of methoxy groups -OCH3 is 1. The topological polar surface area (TPSA) is 94.1 Å². The van der Waals surface area contributed by atoms with Crippen molar-refractivity contribution in [3.05, 3.63) is 59.0 Å². The van der Waals surface area contributed by atoms with E-state index in [0.717, 1.165) is 0 Å². The maximum Gasteiger partial charge on any atom is 0.337 e. The molecule has 0 spiro atoms. The molecule has 120 valence electrons. The smallest absolute Gasteiger partial charge is 0.337 e. The Morgan fingerprint density at radius 1 is 1.08 bits per heavy atom. The summed E-state index contributed by atoms with van der Waals surface area (Å²) in [5, 5.41) is 2.94. The van der Waals surface area contributed by atoms with E-state index in [-0.39, 0.29) is 5.56 Å². The highest BCUT2D eigenvalue weighted by atomic mass is 35.5. The van der Waals surface area contributed by atoms with Gasteiger partial charge in [-0.2, -0.15) is 0 Å². The largest absolute Gasteiger partial charge is 0.465 e. The van der Waals surface area contributed by atoms with Crippen LogP contribution < -0.4 is 5.32 Å². The third kappa shape index (κ3) is 3.16. The van der Waals surface area contributed by atoms with Crippen LogP contribution in [0.25, 0.3) is 11.2 Å². The number of fused-ring (bicyclic) bond motifs is 1. The summed E-state index contributed by atoms with van der Waals surface area (Å²) in [5.41, 5.74) is 1.81. The monoisotopic (exact) mass is 342 g/mol. The highest BCUT2D eigenvalue weighted by molar-refractivity contribution is 6.34. The van der Waals surface area contributed by atoms with Gasteiger partial charge in [0.25, 0.3) is 5.91 Å². The van der Waals surface area contributed by atoms with Crippen molar-refractivity contribution < 1.29 is 14.3 Å². The van der Waals surface area contributed by atoms with E-state index in [1.165, 1.54) is 43.9 Å². The Kier molecular flexibility index (Phi) is 4.35. The van der Waals surface area contributed by atoms with E-state index in [2.05, 4.69) is 25.0 Å². The van der Waals surface area contributed by atoms with E-state index in [1.807, 2.05) is 0 Å². The molecule has 0 aliphatic carbocycles. The number of nitrogens with zero attached hydrogens (tertiary/aromatic N) is 3. The van der Waals surface area contributed by atoms with E-state index >= 15 is 0 Å². The van der Waals surface area contributed by atoms with Gasteiger partial charge in [-0.05, 0) is 24.3 Å². The van der Waals surface area contributed by atoms with Crippen LogP contribution in [0.15, 0.2) is 42.9 Å². The minimum atomic E-state index is -0.523. The van der Waals surface area contributed by atoms with Crippen molar-refractivity contribution in [3.8, 4) is 0 Å². The molecule has 0 unspecified atom stereocenters. The molecule has 1 amide bonds. The van der Waals surface area contributed by atoms with Crippen molar-refractivity contribution >= 4 is 40.3 Å². The molecule has 8 heteroatoms. The summed E-state index contributed by atoms with van der Waals surface area (Å²) >= 11 is 6.07. The SMILES string of the molecule is COC(=O)c1ccc(Cl)c(NC(=O)c2cnc3nccnc3c2)c1. The van der Waals surface area contributed by atoms with Gasteiger partial charge in [0.2, 0.25) is 0 Å². The van der Waals surface area contributed by atoms with E-state index in [4.69, 9.17) is 11.6 Å². The standard InChI is InChI=1S/C16H11ClN4O3/c1-24-16(23)9-2-3-11(17)12(6-9)21-15(22)10-7-13-14(20-8-10)19-5-4-18-13/h2-8H,1H3,(H,21,22). The van der Waals surface area contributed by atoms with Gasteiger partial charge in [-0.15, -0.1) is 0 Å². The average Bonchev–Trinajstić information content (AvgIpc) is 2.62. The molecule has 0 saturated heterocycles. The van der Waals surface area contributed by atoms with Crippen molar-refractivity contribution in [2.75, 3.05) is 12.4 Å². The van der Waals surface area contributed by atoms with Crippen LogP contribution >= 0.6 is 11.6 Å². The molecule has 0 fully saturated rings. The first kappa shape index (κ1) is 15.8. The molecule has 2 heterocycles. The second-order valence-corrected chi connectivity index (χ2v) is 5.17. The minimum absolute atomic E-state index is 0.278. The number of halogens is 1. The fourth-order valence-electron chi connectivity index (χ4n) is 2.04. The zero-order valence-corrected chi connectivity index (χ0v) is 13.2. The lowest BCUT2D eigenvalue weighted by molar-refractivity contribution is 0.0600. The number of benzene rings is 1. The van der Waals surface area contributed by atoms with Crippen LogP contribution in [0.1, 0.15) is 20.7 Å². The molecule has 2 aromatic heterocycles. The Balaban J connectivity index is 1.89. The van der Waals surface area contributed by atoms with Crippen molar-refractivity contribution in [1.82, 2.24) is 15.0 Å². The molecule has 3 aromatic rings. The van der Waals surface area contributed by atoms with Crippen molar-refractivity contribution in [2.45, 2.75) is 0 Å². The van der Waals surface area contributed by atoms with Crippen LogP contribution in [-0.4, -0.2) is 33.9 Å². The summed E-state index contributed by atoms with van der Waals surface area (Å²) in [5.74, 6) is -0.955. The van der Waals surface area contributed by atoms with Gasteiger partial charge in [-0.3, -0.25) is 9.78 Å². The van der Waals surface area contributed by atoms with Crippen LogP contribution in [0.2, 0.25) is 5.02 Å². The molecule has 7 nitrogen and oxygen atoms in total. The van der Waals surface area contributed by atoms with Gasteiger partial charge in [0.1, 0.15) is 5.52 Å². The summed E-state index contributed by atoms with van der Waals surface area (Å²) in [6.45, 7) is 0. The van der Waals surface area contributed by atoms with Crippen LogP contribution in [0.5, 0.6) is 0 Å². The van der Waals surface area contributed by atoms with Gasteiger partial charge < -0.3 is 10.1 Å². The van der Waals surface area contributed by atoms with Crippen LogP contribution in [0.3, 0.4) is 0 Å². The molecule has 0 saturated carbocycles. The summed E-state index contributed by atoms with van der Waals surface area (Å²) in [6.07, 6.45) is 4.43. The maximum absolute atomic E-state index is 12.4. The number of carbonyl (C=O) groups is 2.